The highest BCUT2D eigenvalue weighted by Crippen LogP contribution is 2.34. The van der Waals surface area contributed by atoms with Gasteiger partial charge in [0.2, 0.25) is 0 Å². The number of esters is 1. The standard InChI is InChI=1S/C10H16F3NO2/c1-2-16-9(15)6-8-5-7(3-4-14-8)10(11,12)13/h7-8,14H,2-6H2,1H3/t7-,8-/m1/s1. The van der Waals surface area contributed by atoms with E-state index in [2.05, 4.69) is 5.32 Å². The molecule has 0 spiro atoms. The summed E-state index contributed by atoms with van der Waals surface area (Å²) in [6, 6.07) is -0.417. The van der Waals surface area contributed by atoms with Gasteiger partial charge < -0.3 is 10.1 Å². The smallest absolute Gasteiger partial charge is 0.391 e. The number of halogens is 3. The summed E-state index contributed by atoms with van der Waals surface area (Å²) >= 11 is 0. The molecule has 0 radical (unpaired) electrons. The zero-order chi connectivity index (χ0) is 12.2. The van der Waals surface area contributed by atoms with Crippen molar-refractivity contribution in [3.8, 4) is 0 Å². The van der Waals surface area contributed by atoms with Crippen LogP contribution in [0.1, 0.15) is 26.2 Å². The summed E-state index contributed by atoms with van der Waals surface area (Å²) in [5, 5.41) is 2.91. The summed E-state index contributed by atoms with van der Waals surface area (Å²) in [5.74, 6) is -1.74. The van der Waals surface area contributed by atoms with Crippen LogP contribution in [0.15, 0.2) is 0 Å². The lowest BCUT2D eigenvalue weighted by atomic mass is 9.90. The maximum Gasteiger partial charge on any atom is 0.391 e. The normalized spacial score (nSPS) is 26.5. The van der Waals surface area contributed by atoms with E-state index in [0.29, 0.717) is 6.54 Å². The Morgan fingerprint density at radius 1 is 1.50 bits per heavy atom. The van der Waals surface area contributed by atoms with Crippen molar-refractivity contribution >= 4 is 5.97 Å². The van der Waals surface area contributed by atoms with Crippen molar-refractivity contribution in [2.45, 2.75) is 38.4 Å². The van der Waals surface area contributed by atoms with E-state index in [9.17, 15) is 18.0 Å². The fourth-order valence-corrected chi connectivity index (χ4v) is 1.88. The summed E-state index contributed by atoms with van der Waals surface area (Å²) in [4.78, 5) is 11.1. The van der Waals surface area contributed by atoms with E-state index in [1.165, 1.54) is 0 Å². The molecule has 1 aliphatic heterocycles. The van der Waals surface area contributed by atoms with Crippen molar-refractivity contribution in [3.63, 3.8) is 0 Å². The van der Waals surface area contributed by atoms with Gasteiger partial charge in [0.15, 0.2) is 0 Å². The SMILES string of the molecule is CCOC(=O)C[C@H]1C[C@H](C(F)(F)F)CCN1. The minimum atomic E-state index is -4.16. The lowest BCUT2D eigenvalue weighted by Gasteiger charge is -2.31. The molecule has 1 rings (SSSR count). The highest BCUT2D eigenvalue weighted by Gasteiger charge is 2.42. The van der Waals surface area contributed by atoms with Gasteiger partial charge in [-0.2, -0.15) is 13.2 Å². The molecule has 6 heteroatoms. The Hall–Kier alpha value is -0.780. The number of hydrogen-bond acceptors (Lipinski definition) is 3. The highest BCUT2D eigenvalue weighted by molar-refractivity contribution is 5.70. The third-order valence-corrected chi connectivity index (χ3v) is 2.68. The lowest BCUT2D eigenvalue weighted by Crippen LogP contribution is -2.43. The Labute approximate surface area is 92.3 Å². The van der Waals surface area contributed by atoms with Crippen molar-refractivity contribution < 1.29 is 22.7 Å². The number of hydrogen-bond donors (Lipinski definition) is 1. The molecule has 0 bridgehead atoms. The van der Waals surface area contributed by atoms with Gasteiger partial charge in [0, 0.05) is 6.04 Å². The van der Waals surface area contributed by atoms with Crippen LogP contribution in [-0.4, -0.2) is 31.3 Å². The molecule has 1 N–H and O–H groups in total. The Kier molecular flexibility index (Phi) is 4.58. The van der Waals surface area contributed by atoms with Crippen LogP contribution in [0.25, 0.3) is 0 Å². The first-order valence-electron chi connectivity index (χ1n) is 5.39. The first kappa shape index (κ1) is 13.3. The van der Waals surface area contributed by atoms with Gasteiger partial charge in [-0.3, -0.25) is 4.79 Å². The van der Waals surface area contributed by atoms with Crippen molar-refractivity contribution in [3.05, 3.63) is 0 Å². The Morgan fingerprint density at radius 2 is 2.19 bits per heavy atom. The minimum Gasteiger partial charge on any atom is -0.466 e. The van der Waals surface area contributed by atoms with Crippen LogP contribution in [0.5, 0.6) is 0 Å². The van der Waals surface area contributed by atoms with Crippen LogP contribution in [0, 0.1) is 5.92 Å². The molecule has 0 aromatic carbocycles. The van der Waals surface area contributed by atoms with Crippen LogP contribution in [0.4, 0.5) is 13.2 Å². The Morgan fingerprint density at radius 3 is 2.75 bits per heavy atom. The zero-order valence-corrected chi connectivity index (χ0v) is 9.14. The van der Waals surface area contributed by atoms with E-state index >= 15 is 0 Å². The van der Waals surface area contributed by atoms with Gasteiger partial charge in [-0.25, -0.2) is 0 Å². The summed E-state index contributed by atoms with van der Waals surface area (Å²) < 4.78 is 42.1. The topological polar surface area (TPSA) is 38.3 Å². The van der Waals surface area contributed by atoms with Gasteiger partial charge in [-0.05, 0) is 26.3 Å². The fourth-order valence-electron chi connectivity index (χ4n) is 1.88. The lowest BCUT2D eigenvalue weighted by molar-refractivity contribution is -0.184. The number of carbonyl (C=O) groups excluding carboxylic acids is 1. The molecule has 0 aliphatic carbocycles. The summed E-state index contributed by atoms with van der Waals surface area (Å²) in [6.45, 7) is 2.23. The number of rotatable bonds is 3. The molecule has 0 amide bonds. The van der Waals surface area contributed by atoms with Crippen LogP contribution in [0.3, 0.4) is 0 Å². The minimum absolute atomic E-state index is 0.0143. The van der Waals surface area contributed by atoms with E-state index < -0.39 is 24.1 Å². The number of alkyl halides is 3. The fraction of sp³-hybridized carbons (Fsp3) is 0.900. The molecule has 94 valence electrons. The second-order valence-corrected chi connectivity index (χ2v) is 3.92. The predicted octanol–water partition coefficient (Wildman–Crippen LogP) is 1.87. The Balaban J connectivity index is 2.42. The molecule has 1 aliphatic rings. The van der Waals surface area contributed by atoms with E-state index in [1.54, 1.807) is 6.92 Å². The predicted molar refractivity (Wildman–Crippen MR) is 51.8 cm³/mol. The second kappa shape index (κ2) is 5.52. The third kappa shape index (κ3) is 4.00. The molecular weight excluding hydrogens is 223 g/mol. The number of nitrogens with one attached hydrogen (secondary N) is 1. The molecule has 16 heavy (non-hydrogen) atoms. The van der Waals surface area contributed by atoms with Crippen LogP contribution < -0.4 is 5.32 Å². The van der Waals surface area contributed by atoms with Gasteiger partial charge in [0.05, 0.1) is 18.9 Å². The molecule has 0 aromatic heterocycles. The van der Waals surface area contributed by atoms with E-state index in [4.69, 9.17) is 4.74 Å². The highest BCUT2D eigenvalue weighted by atomic mass is 19.4. The van der Waals surface area contributed by atoms with Crippen molar-refractivity contribution in [2.24, 2.45) is 5.92 Å². The summed E-state index contributed by atoms with van der Waals surface area (Å²) in [5.41, 5.74) is 0. The molecule has 1 saturated heterocycles. The first-order chi connectivity index (χ1) is 7.43. The maximum atomic E-state index is 12.5. The molecular formula is C10H16F3NO2. The van der Waals surface area contributed by atoms with Gasteiger partial charge in [-0.15, -0.1) is 0 Å². The van der Waals surface area contributed by atoms with Gasteiger partial charge in [-0.1, -0.05) is 0 Å². The zero-order valence-electron chi connectivity index (χ0n) is 9.14. The number of ether oxygens (including phenoxy) is 1. The second-order valence-electron chi connectivity index (χ2n) is 3.92. The van der Waals surface area contributed by atoms with E-state index in [-0.39, 0.29) is 25.9 Å². The molecule has 1 heterocycles. The molecule has 3 nitrogen and oxygen atoms in total. The molecule has 0 unspecified atom stereocenters. The molecule has 1 fully saturated rings. The monoisotopic (exact) mass is 239 g/mol. The summed E-state index contributed by atoms with van der Waals surface area (Å²) in [7, 11) is 0. The quantitative estimate of drug-likeness (QED) is 0.764. The average molecular weight is 239 g/mol. The van der Waals surface area contributed by atoms with E-state index in [0.717, 1.165) is 0 Å². The van der Waals surface area contributed by atoms with E-state index in [1.807, 2.05) is 0 Å². The molecule has 0 aromatic rings. The van der Waals surface area contributed by atoms with Crippen LogP contribution >= 0.6 is 0 Å². The van der Waals surface area contributed by atoms with Gasteiger partial charge in [0.25, 0.3) is 0 Å². The summed E-state index contributed by atoms with van der Waals surface area (Å²) in [6.07, 6.45) is -4.10. The largest absolute Gasteiger partial charge is 0.466 e. The Bertz CT molecular complexity index is 243. The molecule has 2 atom stereocenters. The first-order valence-corrected chi connectivity index (χ1v) is 5.39. The third-order valence-electron chi connectivity index (χ3n) is 2.68. The van der Waals surface area contributed by atoms with Crippen molar-refractivity contribution in [1.82, 2.24) is 5.32 Å². The van der Waals surface area contributed by atoms with Crippen molar-refractivity contribution in [2.75, 3.05) is 13.2 Å². The number of piperidine rings is 1. The average Bonchev–Trinajstić information content (AvgIpc) is 2.17. The van der Waals surface area contributed by atoms with Crippen LogP contribution in [-0.2, 0) is 9.53 Å². The van der Waals surface area contributed by atoms with Gasteiger partial charge in [0.1, 0.15) is 0 Å². The maximum absolute atomic E-state index is 12.5. The van der Waals surface area contributed by atoms with Crippen LogP contribution in [0.2, 0.25) is 0 Å². The molecule has 0 saturated carbocycles. The van der Waals surface area contributed by atoms with Crippen molar-refractivity contribution in [1.29, 1.82) is 0 Å². The van der Waals surface area contributed by atoms with Gasteiger partial charge >= 0.3 is 12.1 Å². The number of carbonyl (C=O) groups is 1.